The van der Waals surface area contributed by atoms with Crippen LogP contribution < -0.4 is 9.47 Å². The SMILES string of the molecule is COC(=O)C[C@@H]1c2ccc(OCc3ccc(-c4ccc(C(F)(F)F)cc4)cc3)cc2OCc2conc21. The second kappa shape index (κ2) is 10.0. The van der Waals surface area contributed by atoms with E-state index in [0.717, 1.165) is 34.4 Å². The van der Waals surface area contributed by atoms with Gasteiger partial charge in [0.05, 0.1) is 30.4 Å². The van der Waals surface area contributed by atoms with E-state index in [4.69, 9.17) is 18.7 Å². The topological polar surface area (TPSA) is 70.8 Å². The van der Waals surface area contributed by atoms with Gasteiger partial charge in [0.25, 0.3) is 0 Å². The lowest BCUT2D eigenvalue weighted by atomic mass is 9.90. The number of hydrogen-bond acceptors (Lipinski definition) is 6. The van der Waals surface area contributed by atoms with Gasteiger partial charge >= 0.3 is 12.1 Å². The molecule has 4 aromatic rings. The quantitative estimate of drug-likeness (QED) is 0.276. The number of alkyl halides is 3. The van der Waals surface area contributed by atoms with E-state index in [9.17, 15) is 18.0 Å². The van der Waals surface area contributed by atoms with E-state index >= 15 is 0 Å². The summed E-state index contributed by atoms with van der Waals surface area (Å²) in [6.07, 6.45) is -2.75. The van der Waals surface area contributed by atoms with E-state index in [1.165, 1.54) is 25.5 Å². The van der Waals surface area contributed by atoms with Gasteiger partial charge in [-0.3, -0.25) is 4.79 Å². The predicted octanol–water partition coefficient (Wildman–Crippen LogP) is 6.53. The molecule has 0 bridgehead atoms. The van der Waals surface area contributed by atoms with Crippen LogP contribution in [0.25, 0.3) is 11.1 Å². The van der Waals surface area contributed by atoms with E-state index in [2.05, 4.69) is 5.16 Å². The van der Waals surface area contributed by atoms with E-state index < -0.39 is 11.7 Å². The number of aromatic nitrogens is 1. The van der Waals surface area contributed by atoms with E-state index in [-0.39, 0.29) is 31.5 Å². The van der Waals surface area contributed by atoms with Crippen LogP contribution in [0.2, 0.25) is 0 Å². The fourth-order valence-electron chi connectivity index (χ4n) is 4.25. The molecule has 3 aromatic carbocycles. The Labute approximate surface area is 210 Å². The summed E-state index contributed by atoms with van der Waals surface area (Å²) in [7, 11) is 1.34. The van der Waals surface area contributed by atoms with Gasteiger partial charge in [0, 0.05) is 17.5 Å². The second-order valence-electron chi connectivity index (χ2n) is 8.61. The van der Waals surface area contributed by atoms with E-state index in [1.54, 1.807) is 12.1 Å². The van der Waals surface area contributed by atoms with Gasteiger partial charge < -0.3 is 18.7 Å². The van der Waals surface area contributed by atoms with Crippen molar-refractivity contribution in [3.05, 3.63) is 101 Å². The lowest BCUT2D eigenvalue weighted by molar-refractivity contribution is -0.141. The normalized spacial score (nSPS) is 14.6. The zero-order valence-corrected chi connectivity index (χ0v) is 19.7. The van der Waals surface area contributed by atoms with Crippen LogP contribution in [0, 0.1) is 0 Å². The first kappa shape index (κ1) is 24.4. The number of carbonyl (C=O) groups is 1. The molecule has 0 saturated heterocycles. The smallest absolute Gasteiger partial charge is 0.416 e. The minimum Gasteiger partial charge on any atom is -0.489 e. The Balaban J connectivity index is 1.28. The molecule has 0 fully saturated rings. The molecule has 37 heavy (non-hydrogen) atoms. The molecular formula is C28H22F3NO5. The predicted molar refractivity (Wildman–Crippen MR) is 127 cm³/mol. The zero-order valence-electron chi connectivity index (χ0n) is 19.7. The first-order chi connectivity index (χ1) is 17.8. The van der Waals surface area contributed by atoms with Crippen molar-refractivity contribution >= 4 is 5.97 Å². The van der Waals surface area contributed by atoms with Crippen LogP contribution in [0.1, 0.15) is 40.3 Å². The van der Waals surface area contributed by atoms with Crippen LogP contribution >= 0.6 is 0 Å². The lowest BCUT2D eigenvalue weighted by Gasteiger charge is -2.16. The van der Waals surface area contributed by atoms with Crippen molar-refractivity contribution < 1.29 is 36.7 Å². The number of esters is 1. The molecule has 5 rings (SSSR count). The summed E-state index contributed by atoms with van der Waals surface area (Å²) >= 11 is 0. The molecule has 1 aliphatic heterocycles. The van der Waals surface area contributed by atoms with Crippen LogP contribution in [0.3, 0.4) is 0 Å². The summed E-state index contributed by atoms with van der Waals surface area (Å²) in [5.74, 6) is 0.432. The highest BCUT2D eigenvalue weighted by Gasteiger charge is 2.31. The standard InChI is InChI=1S/C28H22F3NO5/c1-34-26(33)13-24-23-11-10-22(12-25(23)36-15-20-16-37-32-27(20)24)35-14-17-2-4-18(5-3-17)19-6-8-21(9-7-19)28(29,30)31/h2-12,16,24H,13-15H2,1H3/t24-/m1/s1. The Morgan fingerprint density at radius 1 is 1.03 bits per heavy atom. The fraction of sp³-hybridized carbons (Fsp3) is 0.214. The highest BCUT2D eigenvalue weighted by atomic mass is 19.4. The van der Waals surface area contributed by atoms with Crippen molar-refractivity contribution in [3.63, 3.8) is 0 Å². The third-order valence-electron chi connectivity index (χ3n) is 6.25. The molecule has 0 unspecified atom stereocenters. The maximum Gasteiger partial charge on any atom is 0.416 e. The summed E-state index contributed by atoms with van der Waals surface area (Å²) in [5.41, 5.74) is 3.90. The molecule has 1 atom stereocenters. The number of nitrogens with zero attached hydrogens (tertiary/aromatic N) is 1. The first-order valence-corrected chi connectivity index (χ1v) is 11.5. The van der Waals surface area contributed by atoms with Gasteiger partial charge in [-0.15, -0.1) is 0 Å². The highest BCUT2D eigenvalue weighted by molar-refractivity contribution is 5.72. The van der Waals surface area contributed by atoms with Crippen molar-refractivity contribution in [1.82, 2.24) is 5.16 Å². The number of methoxy groups -OCH3 is 1. The molecule has 1 aromatic heterocycles. The molecule has 190 valence electrons. The third kappa shape index (κ3) is 5.30. The number of benzene rings is 3. The van der Waals surface area contributed by atoms with Crippen molar-refractivity contribution in [2.45, 2.75) is 31.7 Å². The fourth-order valence-corrected chi connectivity index (χ4v) is 4.25. The number of fused-ring (bicyclic) bond motifs is 2. The lowest BCUT2D eigenvalue weighted by Crippen LogP contribution is -2.11. The summed E-state index contributed by atoms with van der Waals surface area (Å²) < 4.78 is 60.3. The Morgan fingerprint density at radius 2 is 1.73 bits per heavy atom. The largest absolute Gasteiger partial charge is 0.489 e. The zero-order chi connectivity index (χ0) is 26.0. The van der Waals surface area contributed by atoms with Gasteiger partial charge in [-0.25, -0.2) is 0 Å². The molecule has 9 heteroatoms. The second-order valence-corrected chi connectivity index (χ2v) is 8.61. The molecule has 0 amide bonds. The van der Waals surface area contributed by atoms with E-state index in [0.29, 0.717) is 22.8 Å². The van der Waals surface area contributed by atoms with Gasteiger partial charge in [-0.1, -0.05) is 47.6 Å². The molecular weight excluding hydrogens is 487 g/mol. The molecule has 0 spiro atoms. The first-order valence-electron chi connectivity index (χ1n) is 11.5. The number of carbonyl (C=O) groups excluding carboxylic acids is 1. The van der Waals surface area contributed by atoms with Gasteiger partial charge in [0.15, 0.2) is 0 Å². The molecule has 6 nitrogen and oxygen atoms in total. The van der Waals surface area contributed by atoms with Crippen LogP contribution in [0.15, 0.2) is 77.5 Å². The van der Waals surface area contributed by atoms with Crippen molar-refractivity contribution in [3.8, 4) is 22.6 Å². The molecule has 2 heterocycles. The van der Waals surface area contributed by atoms with E-state index in [1.807, 2.05) is 30.3 Å². The third-order valence-corrected chi connectivity index (χ3v) is 6.25. The summed E-state index contributed by atoms with van der Waals surface area (Å²) in [6.45, 7) is 0.530. The van der Waals surface area contributed by atoms with Gasteiger partial charge in [0.2, 0.25) is 0 Å². The van der Waals surface area contributed by atoms with Crippen molar-refractivity contribution in [2.24, 2.45) is 0 Å². The summed E-state index contributed by atoms with van der Waals surface area (Å²) in [6, 6.07) is 17.9. The van der Waals surface area contributed by atoms with Crippen LogP contribution in [-0.2, 0) is 28.9 Å². The van der Waals surface area contributed by atoms with Crippen LogP contribution in [-0.4, -0.2) is 18.2 Å². The number of rotatable bonds is 6. The molecule has 1 aliphatic rings. The van der Waals surface area contributed by atoms with Crippen LogP contribution in [0.5, 0.6) is 11.5 Å². The maximum atomic E-state index is 12.8. The average Bonchev–Trinajstić information content (AvgIpc) is 3.32. The molecule has 0 saturated carbocycles. The van der Waals surface area contributed by atoms with Gasteiger partial charge in [-0.2, -0.15) is 13.2 Å². The Morgan fingerprint density at radius 3 is 2.41 bits per heavy atom. The van der Waals surface area contributed by atoms with Gasteiger partial charge in [0.1, 0.15) is 31.0 Å². The number of hydrogen-bond donors (Lipinski definition) is 0. The summed E-state index contributed by atoms with van der Waals surface area (Å²) in [5, 5.41) is 4.08. The molecule has 0 aliphatic carbocycles. The number of ether oxygens (including phenoxy) is 3. The minimum atomic E-state index is -4.36. The highest BCUT2D eigenvalue weighted by Crippen LogP contribution is 2.40. The Bertz CT molecular complexity index is 1390. The molecule has 0 radical (unpaired) electrons. The monoisotopic (exact) mass is 509 g/mol. The van der Waals surface area contributed by atoms with Crippen LogP contribution in [0.4, 0.5) is 13.2 Å². The van der Waals surface area contributed by atoms with Gasteiger partial charge in [-0.05, 0) is 34.9 Å². The summed E-state index contributed by atoms with van der Waals surface area (Å²) in [4.78, 5) is 12.0. The number of halogens is 3. The Kier molecular flexibility index (Phi) is 6.60. The molecule has 0 N–H and O–H groups in total. The Hall–Kier alpha value is -4.27. The average molecular weight is 509 g/mol. The van der Waals surface area contributed by atoms with Crippen molar-refractivity contribution in [1.29, 1.82) is 0 Å². The minimum absolute atomic E-state index is 0.0951. The maximum absolute atomic E-state index is 12.8. The van der Waals surface area contributed by atoms with Crippen molar-refractivity contribution in [2.75, 3.05) is 7.11 Å².